The van der Waals surface area contributed by atoms with Gasteiger partial charge in [-0.25, -0.2) is 5.43 Å². The number of hydrogen-bond acceptors (Lipinski definition) is 9. The van der Waals surface area contributed by atoms with Crippen molar-refractivity contribution in [2.24, 2.45) is 5.92 Å². The van der Waals surface area contributed by atoms with Crippen LogP contribution in [0.5, 0.6) is 23.0 Å². The Morgan fingerprint density at radius 3 is 2.55 bits per heavy atom. The van der Waals surface area contributed by atoms with Gasteiger partial charge in [0.05, 0.1) is 34.4 Å². The number of aromatic hydroxyl groups is 1. The summed E-state index contributed by atoms with van der Waals surface area (Å²) < 4.78 is 21.2. The van der Waals surface area contributed by atoms with Crippen LogP contribution in [0, 0.1) is 5.92 Å². The molecule has 4 rings (SSSR count). The number of rotatable bonds is 8. The van der Waals surface area contributed by atoms with Crippen molar-refractivity contribution in [3.63, 3.8) is 0 Å². The van der Waals surface area contributed by atoms with E-state index in [-0.39, 0.29) is 35.6 Å². The van der Waals surface area contributed by atoms with Gasteiger partial charge in [0.15, 0.2) is 11.5 Å². The van der Waals surface area contributed by atoms with Crippen LogP contribution in [0.4, 0.5) is 0 Å². The number of hydrogen-bond donors (Lipinski definition) is 4. The van der Waals surface area contributed by atoms with Crippen LogP contribution in [0.1, 0.15) is 29.0 Å². The number of phenols is 1. The standard InChI is InChI=1S/C24H30N2O7/c1-30-19-10-15(11-20(31-2)23(19)28)16(12-21(27)32-3)22-17(25-26-24(22)29)9-13-4-5-18-14(8-13)6-7-33-18/h4-5,8,10-11,16-17,22,24-26,28-29H,6-7,9,12H2,1-3H3. The third kappa shape index (κ3) is 4.71. The summed E-state index contributed by atoms with van der Waals surface area (Å²) in [4.78, 5) is 12.4. The molecular formula is C24H30N2O7. The largest absolute Gasteiger partial charge is 0.502 e. The molecule has 2 aromatic rings. The van der Waals surface area contributed by atoms with Crippen molar-refractivity contribution in [3.8, 4) is 23.0 Å². The van der Waals surface area contributed by atoms with Gasteiger partial charge in [-0.05, 0) is 41.3 Å². The topological polar surface area (TPSA) is 119 Å². The molecule has 1 fully saturated rings. The first-order chi connectivity index (χ1) is 15.9. The van der Waals surface area contributed by atoms with E-state index in [1.807, 2.05) is 12.1 Å². The summed E-state index contributed by atoms with van der Waals surface area (Å²) in [5.74, 6) is 0.0122. The van der Waals surface area contributed by atoms with Gasteiger partial charge in [-0.2, -0.15) is 0 Å². The van der Waals surface area contributed by atoms with Gasteiger partial charge in [0.2, 0.25) is 5.75 Å². The van der Waals surface area contributed by atoms with E-state index in [9.17, 15) is 15.0 Å². The van der Waals surface area contributed by atoms with Gasteiger partial charge in [-0.15, -0.1) is 0 Å². The van der Waals surface area contributed by atoms with Crippen LogP contribution in [0.25, 0.3) is 0 Å². The molecule has 1 saturated heterocycles. The zero-order valence-electron chi connectivity index (χ0n) is 19.0. The normalized spacial score (nSPS) is 22.4. The van der Waals surface area contributed by atoms with Gasteiger partial charge < -0.3 is 29.2 Å². The second kappa shape index (κ2) is 9.86. The van der Waals surface area contributed by atoms with Gasteiger partial charge in [-0.3, -0.25) is 10.2 Å². The van der Waals surface area contributed by atoms with Crippen LogP contribution in [-0.2, 0) is 22.4 Å². The second-order valence-electron chi connectivity index (χ2n) is 8.32. The molecule has 9 nitrogen and oxygen atoms in total. The smallest absolute Gasteiger partial charge is 0.306 e. The molecule has 0 aliphatic carbocycles. The molecule has 0 radical (unpaired) electrons. The molecule has 0 amide bonds. The molecule has 2 aliphatic rings. The maximum Gasteiger partial charge on any atom is 0.306 e. The molecule has 2 heterocycles. The average molecular weight is 459 g/mol. The first-order valence-corrected chi connectivity index (χ1v) is 10.9. The number of nitrogens with one attached hydrogen (secondary N) is 2. The highest BCUT2D eigenvalue weighted by atomic mass is 16.5. The Balaban J connectivity index is 1.68. The van der Waals surface area contributed by atoms with E-state index in [4.69, 9.17) is 18.9 Å². The van der Waals surface area contributed by atoms with Gasteiger partial charge >= 0.3 is 5.97 Å². The van der Waals surface area contributed by atoms with Crippen molar-refractivity contribution in [3.05, 3.63) is 47.0 Å². The van der Waals surface area contributed by atoms with Crippen molar-refractivity contribution in [2.75, 3.05) is 27.9 Å². The second-order valence-corrected chi connectivity index (χ2v) is 8.32. The molecule has 0 bridgehead atoms. The zero-order chi connectivity index (χ0) is 23.5. The summed E-state index contributed by atoms with van der Waals surface area (Å²) in [6.45, 7) is 0.690. The Labute approximate surface area is 192 Å². The molecular weight excluding hydrogens is 428 g/mol. The van der Waals surface area contributed by atoms with Crippen molar-refractivity contribution < 1.29 is 34.0 Å². The van der Waals surface area contributed by atoms with Crippen LogP contribution < -0.4 is 25.1 Å². The van der Waals surface area contributed by atoms with Crippen molar-refractivity contribution in [1.82, 2.24) is 10.9 Å². The van der Waals surface area contributed by atoms with Crippen LogP contribution in [0.2, 0.25) is 0 Å². The molecule has 2 aliphatic heterocycles. The summed E-state index contributed by atoms with van der Waals surface area (Å²) >= 11 is 0. The molecule has 4 N–H and O–H groups in total. The van der Waals surface area contributed by atoms with Gasteiger partial charge in [0.25, 0.3) is 0 Å². The van der Waals surface area contributed by atoms with Gasteiger partial charge in [-0.1, -0.05) is 12.1 Å². The third-order valence-electron chi connectivity index (χ3n) is 6.46. The van der Waals surface area contributed by atoms with Crippen LogP contribution in [-0.4, -0.2) is 56.4 Å². The SMILES string of the molecule is COC(=O)CC(c1cc(OC)c(O)c(OC)c1)C1C(O)NNC1Cc1ccc2c(c1)CCO2. The maximum atomic E-state index is 12.4. The lowest BCUT2D eigenvalue weighted by atomic mass is 9.77. The number of carbonyl (C=O) groups excluding carboxylic acids is 1. The molecule has 178 valence electrons. The maximum absolute atomic E-state index is 12.4. The van der Waals surface area contributed by atoms with E-state index in [2.05, 4.69) is 16.9 Å². The molecule has 0 spiro atoms. The fourth-order valence-electron chi connectivity index (χ4n) is 4.78. The lowest BCUT2D eigenvalue weighted by molar-refractivity contribution is -0.141. The lowest BCUT2D eigenvalue weighted by Crippen LogP contribution is -2.36. The highest BCUT2D eigenvalue weighted by molar-refractivity contribution is 5.71. The summed E-state index contributed by atoms with van der Waals surface area (Å²) in [6, 6.07) is 9.29. The van der Waals surface area contributed by atoms with E-state index in [0.717, 1.165) is 17.7 Å². The number of benzene rings is 2. The number of methoxy groups -OCH3 is 3. The third-order valence-corrected chi connectivity index (χ3v) is 6.46. The van der Waals surface area contributed by atoms with Crippen LogP contribution in [0.3, 0.4) is 0 Å². The van der Waals surface area contributed by atoms with Gasteiger partial charge in [0, 0.05) is 24.3 Å². The molecule has 4 unspecified atom stereocenters. The minimum absolute atomic E-state index is 0.0349. The monoisotopic (exact) mass is 458 g/mol. The quantitative estimate of drug-likeness (QED) is 0.438. The minimum Gasteiger partial charge on any atom is -0.502 e. The molecule has 4 atom stereocenters. The van der Waals surface area contributed by atoms with Crippen molar-refractivity contribution in [2.45, 2.75) is 37.5 Å². The highest BCUT2D eigenvalue weighted by Gasteiger charge is 2.42. The number of ether oxygens (including phenoxy) is 4. The number of hydrazine groups is 1. The first kappa shape index (κ1) is 23.2. The number of esters is 1. The summed E-state index contributed by atoms with van der Waals surface area (Å²) in [6.07, 6.45) is 0.635. The molecule has 2 aromatic carbocycles. The predicted octanol–water partition coefficient (Wildman–Crippen LogP) is 1.64. The molecule has 0 saturated carbocycles. The van der Waals surface area contributed by atoms with E-state index < -0.39 is 18.1 Å². The van der Waals surface area contributed by atoms with Crippen molar-refractivity contribution >= 4 is 5.97 Å². The zero-order valence-corrected chi connectivity index (χ0v) is 19.0. The Bertz CT molecular complexity index is 987. The van der Waals surface area contributed by atoms with Gasteiger partial charge in [0.1, 0.15) is 12.0 Å². The van der Waals surface area contributed by atoms with E-state index in [0.29, 0.717) is 18.6 Å². The molecule has 33 heavy (non-hydrogen) atoms. The lowest BCUT2D eigenvalue weighted by Gasteiger charge is -2.30. The first-order valence-electron chi connectivity index (χ1n) is 10.9. The molecule has 9 heteroatoms. The van der Waals surface area contributed by atoms with E-state index in [1.54, 1.807) is 12.1 Å². The van der Waals surface area contributed by atoms with Crippen molar-refractivity contribution in [1.29, 1.82) is 0 Å². The summed E-state index contributed by atoms with van der Waals surface area (Å²) in [7, 11) is 4.23. The number of carbonyl (C=O) groups is 1. The number of phenolic OH excluding ortho intramolecular Hbond substituents is 1. The summed E-state index contributed by atoms with van der Waals surface area (Å²) in [5, 5.41) is 21.2. The Morgan fingerprint density at radius 2 is 1.88 bits per heavy atom. The minimum atomic E-state index is -0.909. The Kier molecular flexibility index (Phi) is 6.92. The van der Waals surface area contributed by atoms with Crippen LogP contribution >= 0.6 is 0 Å². The fraction of sp³-hybridized carbons (Fsp3) is 0.458. The predicted molar refractivity (Wildman–Crippen MR) is 119 cm³/mol. The fourth-order valence-corrected chi connectivity index (χ4v) is 4.78. The van der Waals surface area contributed by atoms with Crippen LogP contribution in [0.15, 0.2) is 30.3 Å². The number of fused-ring (bicyclic) bond motifs is 1. The highest BCUT2D eigenvalue weighted by Crippen LogP contribution is 2.43. The Morgan fingerprint density at radius 1 is 1.15 bits per heavy atom. The van der Waals surface area contributed by atoms with E-state index >= 15 is 0 Å². The summed E-state index contributed by atoms with van der Waals surface area (Å²) in [5.41, 5.74) is 9.08. The average Bonchev–Trinajstić information content (AvgIpc) is 3.43. The number of aliphatic hydroxyl groups excluding tert-OH is 1. The van der Waals surface area contributed by atoms with E-state index in [1.165, 1.54) is 26.9 Å². The molecule has 0 aromatic heterocycles. The Hall–Kier alpha value is -3.01. The number of aliphatic hydroxyl groups is 1.